The Kier molecular flexibility index (Phi) is 4.79. The molecule has 0 aliphatic carbocycles. The van der Waals surface area contributed by atoms with E-state index in [2.05, 4.69) is 10.2 Å². The van der Waals surface area contributed by atoms with Crippen LogP contribution in [0.2, 0.25) is 0 Å². The van der Waals surface area contributed by atoms with Gasteiger partial charge in [0, 0.05) is 5.56 Å². The first-order valence-electron chi connectivity index (χ1n) is 7.82. The normalized spacial score (nSPS) is 11.8. The monoisotopic (exact) mass is 338 g/mol. The number of aryl methyl sites for hydroxylation is 1. The van der Waals surface area contributed by atoms with Gasteiger partial charge in [0.15, 0.2) is 6.10 Å². The van der Waals surface area contributed by atoms with E-state index in [0.29, 0.717) is 11.5 Å². The fraction of sp³-hybridized carbons (Fsp3) is 0.211. The maximum Gasteiger partial charge on any atom is 0.338 e. The number of ether oxygens (including phenoxy) is 2. The maximum atomic E-state index is 12.2. The Morgan fingerprint density at radius 2 is 1.88 bits per heavy atom. The quantitative estimate of drug-likeness (QED) is 0.655. The molecule has 0 aliphatic heterocycles. The molecule has 0 N–H and O–H groups in total. The number of methoxy groups -OCH3 is 1. The molecule has 0 bridgehead atoms. The fourth-order valence-corrected chi connectivity index (χ4v) is 2.30. The second-order valence-electron chi connectivity index (χ2n) is 5.59. The number of carbonyl (C=O) groups excluding carboxylic acids is 1. The van der Waals surface area contributed by atoms with Gasteiger partial charge in [-0.05, 0) is 50.2 Å². The van der Waals surface area contributed by atoms with Gasteiger partial charge in [-0.2, -0.15) is 0 Å². The lowest BCUT2D eigenvalue weighted by Gasteiger charge is -2.09. The van der Waals surface area contributed by atoms with E-state index in [1.165, 1.54) is 0 Å². The first kappa shape index (κ1) is 16.7. The van der Waals surface area contributed by atoms with Crippen LogP contribution in [0.4, 0.5) is 0 Å². The number of aromatic nitrogens is 2. The van der Waals surface area contributed by atoms with E-state index in [-0.39, 0.29) is 5.89 Å². The second-order valence-corrected chi connectivity index (χ2v) is 5.59. The third kappa shape index (κ3) is 3.85. The summed E-state index contributed by atoms with van der Waals surface area (Å²) in [4.78, 5) is 12.2. The molecule has 0 amide bonds. The predicted octanol–water partition coefficient (Wildman–Crippen LogP) is 3.97. The van der Waals surface area contributed by atoms with Crippen LogP contribution < -0.4 is 4.74 Å². The van der Waals surface area contributed by atoms with Crippen molar-refractivity contribution in [3.8, 4) is 17.2 Å². The smallest absolute Gasteiger partial charge is 0.338 e. The third-order valence-corrected chi connectivity index (χ3v) is 3.66. The van der Waals surface area contributed by atoms with Crippen molar-refractivity contribution in [2.45, 2.75) is 20.0 Å². The highest BCUT2D eigenvalue weighted by molar-refractivity contribution is 5.89. The van der Waals surface area contributed by atoms with Crippen LogP contribution in [0.25, 0.3) is 11.5 Å². The first-order chi connectivity index (χ1) is 12.1. The molecule has 0 fully saturated rings. The zero-order chi connectivity index (χ0) is 17.8. The highest BCUT2D eigenvalue weighted by atomic mass is 16.6. The first-order valence-corrected chi connectivity index (χ1v) is 7.82. The lowest BCUT2D eigenvalue weighted by Crippen LogP contribution is -2.09. The summed E-state index contributed by atoms with van der Waals surface area (Å²) in [6, 6.07) is 14.5. The highest BCUT2D eigenvalue weighted by Crippen LogP contribution is 2.24. The molecular weight excluding hydrogens is 320 g/mol. The van der Waals surface area contributed by atoms with Gasteiger partial charge in [0.25, 0.3) is 5.89 Å². The molecule has 0 spiro atoms. The predicted molar refractivity (Wildman–Crippen MR) is 91.3 cm³/mol. The highest BCUT2D eigenvalue weighted by Gasteiger charge is 2.20. The summed E-state index contributed by atoms with van der Waals surface area (Å²) in [6.45, 7) is 3.61. The van der Waals surface area contributed by atoms with E-state index in [9.17, 15) is 4.79 Å². The van der Waals surface area contributed by atoms with Crippen molar-refractivity contribution in [1.29, 1.82) is 0 Å². The number of nitrogens with zero attached hydrogens (tertiary/aromatic N) is 2. The number of esters is 1. The van der Waals surface area contributed by atoms with Gasteiger partial charge in [0.2, 0.25) is 5.89 Å². The van der Waals surface area contributed by atoms with Gasteiger partial charge in [0.1, 0.15) is 5.75 Å². The van der Waals surface area contributed by atoms with E-state index in [1.807, 2.05) is 31.2 Å². The minimum absolute atomic E-state index is 0.242. The van der Waals surface area contributed by atoms with Crippen molar-refractivity contribution >= 4 is 5.97 Å². The van der Waals surface area contributed by atoms with E-state index in [4.69, 9.17) is 13.9 Å². The summed E-state index contributed by atoms with van der Waals surface area (Å²) in [5.74, 6) is 0.910. The summed E-state index contributed by atoms with van der Waals surface area (Å²) < 4.78 is 16.2. The average Bonchev–Trinajstić information content (AvgIpc) is 3.12. The van der Waals surface area contributed by atoms with Crippen LogP contribution in [-0.4, -0.2) is 23.3 Å². The largest absolute Gasteiger partial charge is 0.497 e. The van der Waals surface area contributed by atoms with Gasteiger partial charge in [-0.25, -0.2) is 4.79 Å². The summed E-state index contributed by atoms with van der Waals surface area (Å²) in [5.41, 5.74) is 2.24. The topological polar surface area (TPSA) is 74.5 Å². The fourth-order valence-electron chi connectivity index (χ4n) is 2.30. The van der Waals surface area contributed by atoms with Crippen molar-refractivity contribution in [2.24, 2.45) is 0 Å². The van der Waals surface area contributed by atoms with Crippen molar-refractivity contribution in [3.63, 3.8) is 0 Å². The standard InChI is InChI=1S/C19H18N2O4/c1-12-5-4-6-15(11-12)19(22)24-13(2)17-20-21-18(25-17)14-7-9-16(23-3)10-8-14/h4-11,13H,1-3H3. The molecule has 0 saturated carbocycles. The Labute approximate surface area is 145 Å². The van der Waals surface area contributed by atoms with Crippen molar-refractivity contribution in [3.05, 3.63) is 65.5 Å². The summed E-state index contributed by atoms with van der Waals surface area (Å²) in [7, 11) is 1.60. The molecule has 6 nitrogen and oxygen atoms in total. The van der Waals surface area contributed by atoms with Crippen LogP contribution in [0, 0.1) is 6.92 Å². The SMILES string of the molecule is COc1ccc(-c2nnc(C(C)OC(=O)c3cccc(C)c3)o2)cc1. The number of hydrogen-bond acceptors (Lipinski definition) is 6. The third-order valence-electron chi connectivity index (χ3n) is 3.66. The average molecular weight is 338 g/mol. The minimum Gasteiger partial charge on any atom is -0.497 e. The molecule has 1 heterocycles. The van der Waals surface area contributed by atoms with Crippen LogP contribution in [0.15, 0.2) is 52.9 Å². The molecule has 1 unspecified atom stereocenters. The zero-order valence-corrected chi connectivity index (χ0v) is 14.2. The Bertz CT molecular complexity index is 871. The summed E-state index contributed by atoms with van der Waals surface area (Å²) in [6.07, 6.45) is -0.646. The molecule has 1 aromatic heterocycles. The summed E-state index contributed by atoms with van der Waals surface area (Å²) >= 11 is 0. The lowest BCUT2D eigenvalue weighted by atomic mass is 10.1. The van der Waals surface area contributed by atoms with Crippen LogP contribution in [0.3, 0.4) is 0 Å². The minimum atomic E-state index is -0.646. The van der Waals surface area contributed by atoms with Gasteiger partial charge in [0.05, 0.1) is 12.7 Å². The molecule has 6 heteroatoms. The van der Waals surface area contributed by atoms with Crippen LogP contribution >= 0.6 is 0 Å². The van der Waals surface area contributed by atoms with E-state index in [1.54, 1.807) is 38.3 Å². The van der Waals surface area contributed by atoms with Crippen molar-refractivity contribution in [2.75, 3.05) is 7.11 Å². The Morgan fingerprint density at radius 3 is 2.56 bits per heavy atom. The van der Waals surface area contributed by atoms with E-state index >= 15 is 0 Å². The van der Waals surface area contributed by atoms with Gasteiger partial charge in [-0.15, -0.1) is 10.2 Å². The maximum absolute atomic E-state index is 12.2. The zero-order valence-electron chi connectivity index (χ0n) is 14.2. The van der Waals surface area contributed by atoms with Gasteiger partial charge in [-0.3, -0.25) is 0 Å². The van der Waals surface area contributed by atoms with Gasteiger partial charge < -0.3 is 13.9 Å². The van der Waals surface area contributed by atoms with Gasteiger partial charge >= 0.3 is 5.97 Å². The number of carbonyl (C=O) groups is 1. The number of hydrogen-bond donors (Lipinski definition) is 0. The van der Waals surface area contributed by atoms with E-state index in [0.717, 1.165) is 16.9 Å². The van der Waals surface area contributed by atoms with Crippen molar-refractivity contribution in [1.82, 2.24) is 10.2 Å². The Morgan fingerprint density at radius 1 is 1.12 bits per heavy atom. The van der Waals surface area contributed by atoms with Crippen molar-refractivity contribution < 1.29 is 18.7 Å². The molecular formula is C19H18N2O4. The number of benzene rings is 2. The summed E-state index contributed by atoms with van der Waals surface area (Å²) in [5, 5.41) is 7.98. The molecule has 0 aliphatic rings. The van der Waals surface area contributed by atoms with Gasteiger partial charge in [-0.1, -0.05) is 17.7 Å². The number of rotatable bonds is 5. The van der Waals surface area contributed by atoms with Crippen LogP contribution in [0.5, 0.6) is 5.75 Å². The molecule has 1 atom stereocenters. The molecule has 0 radical (unpaired) electrons. The molecule has 0 saturated heterocycles. The van der Waals surface area contributed by atoms with Crippen LogP contribution in [0.1, 0.15) is 34.8 Å². The molecule has 25 heavy (non-hydrogen) atoms. The van der Waals surface area contributed by atoms with E-state index < -0.39 is 12.1 Å². The molecule has 2 aromatic carbocycles. The molecule has 3 rings (SSSR count). The Hall–Kier alpha value is -3.15. The van der Waals surface area contributed by atoms with Crippen LogP contribution in [-0.2, 0) is 4.74 Å². The Balaban J connectivity index is 1.71. The lowest BCUT2D eigenvalue weighted by molar-refractivity contribution is 0.0280. The second kappa shape index (κ2) is 7.17. The molecule has 3 aromatic rings. The molecule has 128 valence electrons.